The van der Waals surface area contributed by atoms with Gasteiger partial charge in [0, 0.05) is 31.5 Å². The van der Waals surface area contributed by atoms with Crippen LogP contribution in [-0.2, 0) is 0 Å². The van der Waals surface area contributed by atoms with Crippen LogP contribution in [0, 0.1) is 0 Å². The first kappa shape index (κ1) is 10.6. The summed E-state index contributed by atoms with van der Waals surface area (Å²) in [6.45, 7) is 3.72. The van der Waals surface area contributed by atoms with Crippen molar-refractivity contribution in [3.63, 3.8) is 0 Å². The fraction of sp³-hybridized carbons (Fsp3) is 0.143. The van der Waals surface area contributed by atoms with Crippen LogP contribution in [0.1, 0.15) is 6.42 Å². The van der Waals surface area contributed by atoms with Gasteiger partial charge in [-0.15, -0.1) is 0 Å². The van der Waals surface area contributed by atoms with Crippen LogP contribution in [0.25, 0.3) is 0 Å². The molecule has 0 radical (unpaired) electrons. The molecule has 0 saturated carbocycles. The van der Waals surface area contributed by atoms with Crippen LogP contribution in [0.5, 0.6) is 0 Å². The van der Waals surface area contributed by atoms with Crippen molar-refractivity contribution >= 4 is 11.9 Å². The average molecular weight is 210 g/mol. The third kappa shape index (κ3) is 2.01. The van der Waals surface area contributed by atoms with E-state index in [0.29, 0.717) is 0 Å². The van der Waals surface area contributed by atoms with Gasteiger partial charge in [0.05, 0.1) is 5.71 Å². The molecule has 2 aliphatic rings. The molecule has 0 unspecified atom stereocenters. The largest absolute Gasteiger partial charge is 0.288 e. The number of nitrogens with zero attached hydrogens (tertiary/aromatic N) is 2. The van der Waals surface area contributed by atoms with Gasteiger partial charge in [0.2, 0.25) is 0 Å². The van der Waals surface area contributed by atoms with E-state index in [9.17, 15) is 0 Å². The average Bonchev–Trinajstić information content (AvgIpc) is 2.53. The van der Waals surface area contributed by atoms with E-state index in [1.54, 1.807) is 6.08 Å². The van der Waals surface area contributed by atoms with Crippen LogP contribution in [0.3, 0.4) is 0 Å². The highest BCUT2D eigenvalue weighted by atomic mass is 14.7. The van der Waals surface area contributed by atoms with Gasteiger partial charge in [0.1, 0.15) is 0 Å². The Balaban J connectivity index is 2.48. The summed E-state index contributed by atoms with van der Waals surface area (Å²) in [4.78, 5) is 8.43. The Bertz CT molecular complexity index is 483. The molecule has 1 aliphatic carbocycles. The minimum Gasteiger partial charge on any atom is -0.288 e. The first-order valence-corrected chi connectivity index (χ1v) is 5.26. The molecule has 0 bridgehead atoms. The van der Waals surface area contributed by atoms with Gasteiger partial charge in [-0.05, 0) is 29.4 Å². The van der Waals surface area contributed by atoms with Crippen LogP contribution in [0.4, 0.5) is 0 Å². The van der Waals surface area contributed by atoms with Crippen LogP contribution < -0.4 is 0 Å². The summed E-state index contributed by atoms with van der Waals surface area (Å²) in [5, 5.41) is 0. The van der Waals surface area contributed by atoms with Gasteiger partial charge in [-0.2, -0.15) is 0 Å². The van der Waals surface area contributed by atoms with E-state index >= 15 is 0 Å². The van der Waals surface area contributed by atoms with E-state index in [0.717, 1.165) is 17.7 Å². The molecule has 0 N–H and O–H groups in total. The molecule has 0 aromatic heterocycles. The SMILES string of the molecule is C=C/C=C1/C=C2C=CN=CCC2=C/C1=N/C. The molecular formula is C14H14N2. The Labute approximate surface area is 95.8 Å². The zero-order chi connectivity index (χ0) is 11.4. The number of hydrogen-bond acceptors (Lipinski definition) is 2. The third-order valence-corrected chi connectivity index (χ3v) is 2.58. The summed E-state index contributed by atoms with van der Waals surface area (Å²) >= 11 is 0. The van der Waals surface area contributed by atoms with Crippen LogP contribution >= 0.6 is 0 Å². The van der Waals surface area contributed by atoms with Gasteiger partial charge >= 0.3 is 0 Å². The maximum absolute atomic E-state index is 4.28. The second kappa shape index (κ2) is 4.71. The number of hydrogen-bond donors (Lipinski definition) is 0. The molecule has 2 heteroatoms. The molecule has 0 fully saturated rings. The van der Waals surface area contributed by atoms with Crippen LogP contribution in [0.15, 0.2) is 69.9 Å². The summed E-state index contributed by atoms with van der Waals surface area (Å²) in [5.41, 5.74) is 4.57. The van der Waals surface area contributed by atoms with Crippen LogP contribution in [0.2, 0.25) is 0 Å². The molecule has 1 heterocycles. The summed E-state index contributed by atoms with van der Waals surface area (Å²) in [7, 11) is 1.81. The van der Waals surface area contributed by atoms with E-state index in [-0.39, 0.29) is 0 Å². The Hall–Kier alpha value is -1.96. The maximum Gasteiger partial charge on any atom is 0.0646 e. The molecule has 1 aliphatic heterocycles. The van der Waals surface area contributed by atoms with Crippen molar-refractivity contribution < 1.29 is 0 Å². The topological polar surface area (TPSA) is 24.7 Å². The standard InChI is InChI=1S/C14H14N2/c1-3-4-13-9-11-5-7-16-8-6-12(11)10-14(13)15-2/h3-5,7-10H,1,6H2,2H3/b13-4-,15-14-. The minimum atomic E-state index is 0.860. The van der Waals surface area contributed by atoms with Gasteiger partial charge in [-0.3, -0.25) is 9.98 Å². The van der Waals surface area contributed by atoms with E-state index < -0.39 is 0 Å². The lowest BCUT2D eigenvalue weighted by Crippen LogP contribution is -2.06. The van der Waals surface area contributed by atoms with Crippen molar-refractivity contribution in [2.75, 3.05) is 7.05 Å². The van der Waals surface area contributed by atoms with Gasteiger partial charge in [0.25, 0.3) is 0 Å². The molecule has 0 aromatic carbocycles. The number of aliphatic imine (C=N–C) groups is 2. The quantitative estimate of drug-likeness (QED) is 0.635. The zero-order valence-electron chi connectivity index (χ0n) is 9.35. The highest BCUT2D eigenvalue weighted by molar-refractivity contribution is 6.13. The van der Waals surface area contributed by atoms with E-state index in [1.165, 1.54) is 11.1 Å². The van der Waals surface area contributed by atoms with Crippen molar-refractivity contribution in [3.8, 4) is 0 Å². The summed E-state index contributed by atoms with van der Waals surface area (Å²) in [6, 6.07) is 0. The van der Waals surface area contributed by atoms with Crippen molar-refractivity contribution in [2.45, 2.75) is 6.42 Å². The Morgan fingerprint density at radius 3 is 3.06 bits per heavy atom. The van der Waals surface area contributed by atoms with Gasteiger partial charge in [-0.25, -0.2) is 0 Å². The molecule has 0 amide bonds. The molecule has 16 heavy (non-hydrogen) atoms. The van der Waals surface area contributed by atoms with Gasteiger partial charge in [0.15, 0.2) is 0 Å². The van der Waals surface area contributed by atoms with Gasteiger partial charge < -0.3 is 0 Å². The molecule has 2 rings (SSSR count). The predicted molar refractivity (Wildman–Crippen MR) is 70.1 cm³/mol. The monoisotopic (exact) mass is 210 g/mol. The molecule has 0 atom stereocenters. The minimum absolute atomic E-state index is 0.860. The summed E-state index contributed by atoms with van der Waals surface area (Å²) in [6.07, 6.45) is 14.6. The van der Waals surface area contributed by atoms with Crippen molar-refractivity contribution in [1.82, 2.24) is 0 Å². The second-order valence-electron chi connectivity index (χ2n) is 3.59. The van der Waals surface area contributed by atoms with E-state index in [4.69, 9.17) is 0 Å². The van der Waals surface area contributed by atoms with Crippen molar-refractivity contribution in [3.05, 3.63) is 59.9 Å². The van der Waals surface area contributed by atoms with Gasteiger partial charge in [-0.1, -0.05) is 18.7 Å². The van der Waals surface area contributed by atoms with Crippen molar-refractivity contribution in [1.29, 1.82) is 0 Å². The smallest absolute Gasteiger partial charge is 0.0646 e. The number of rotatable bonds is 1. The summed E-state index contributed by atoms with van der Waals surface area (Å²) < 4.78 is 0. The first-order chi connectivity index (χ1) is 7.85. The lowest BCUT2D eigenvalue weighted by Gasteiger charge is -2.14. The number of fused-ring (bicyclic) bond motifs is 1. The zero-order valence-corrected chi connectivity index (χ0v) is 9.35. The maximum atomic E-state index is 4.28. The molecule has 0 aromatic rings. The fourth-order valence-corrected chi connectivity index (χ4v) is 1.79. The predicted octanol–water partition coefficient (Wildman–Crippen LogP) is 3.02. The second-order valence-corrected chi connectivity index (χ2v) is 3.59. The molecular weight excluding hydrogens is 196 g/mol. The lowest BCUT2D eigenvalue weighted by atomic mass is 9.91. The number of allylic oxidation sites excluding steroid dienone is 8. The Kier molecular flexibility index (Phi) is 3.10. The highest BCUT2D eigenvalue weighted by Crippen LogP contribution is 2.25. The Morgan fingerprint density at radius 1 is 1.44 bits per heavy atom. The molecule has 80 valence electrons. The fourth-order valence-electron chi connectivity index (χ4n) is 1.79. The Morgan fingerprint density at radius 2 is 2.31 bits per heavy atom. The summed E-state index contributed by atoms with van der Waals surface area (Å²) in [5.74, 6) is 0. The van der Waals surface area contributed by atoms with Crippen molar-refractivity contribution in [2.24, 2.45) is 9.98 Å². The highest BCUT2D eigenvalue weighted by Gasteiger charge is 2.13. The molecule has 2 nitrogen and oxygen atoms in total. The lowest BCUT2D eigenvalue weighted by molar-refractivity contribution is 1.31. The normalized spacial score (nSPS) is 23.8. The first-order valence-electron chi connectivity index (χ1n) is 5.26. The molecule has 0 spiro atoms. The molecule has 0 saturated heterocycles. The van der Waals surface area contributed by atoms with E-state index in [2.05, 4.69) is 28.7 Å². The van der Waals surface area contributed by atoms with E-state index in [1.807, 2.05) is 31.6 Å². The third-order valence-electron chi connectivity index (χ3n) is 2.58. The van der Waals surface area contributed by atoms with Crippen LogP contribution in [-0.4, -0.2) is 19.0 Å².